The van der Waals surface area contributed by atoms with Gasteiger partial charge in [0, 0.05) is 16.2 Å². The number of ether oxygens (including phenoxy) is 1. The molecule has 1 heterocycles. The number of aliphatic hydroxyl groups excluding tert-OH is 1. The molecule has 0 saturated heterocycles. The number of nitrogens with zero attached hydrogens (tertiary/aromatic N) is 1. The Morgan fingerprint density at radius 3 is 2.80 bits per heavy atom. The summed E-state index contributed by atoms with van der Waals surface area (Å²) < 4.78 is 5.80. The molecule has 0 spiro atoms. The van der Waals surface area contributed by atoms with Gasteiger partial charge in [-0.05, 0) is 27.6 Å². The third-order valence-electron chi connectivity index (χ3n) is 2.54. The summed E-state index contributed by atoms with van der Waals surface area (Å²) in [7, 11) is 0. The first kappa shape index (κ1) is 14.5. The van der Waals surface area contributed by atoms with Crippen LogP contribution in [0.25, 0.3) is 0 Å². The van der Waals surface area contributed by atoms with Gasteiger partial charge in [0.25, 0.3) is 0 Å². The largest absolute Gasteiger partial charge is 0.444 e. The molecule has 0 saturated carbocycles. The van der Waals surface area contributed by atoms with Gasteiger partial charge < -0.3 is 9.84 Å². The van der Waals surface area contributed by atoms with E-state index in [4.69, 9.17) is 4.74 Å². The zero-order chi connectivity index (χ0) is 14.4. The number of rotatable bonds is 4. The maximum Gasteiger partial charge on any atom is 0.413 e. The third kappa shape index (κ3) is 4.04. The van der Waals surface area contributed by atoms with Crippen molar-refractivity contribution in [1.29, 1.82) is 0 Å². The number of benzene rings is 1. The molecule has 1 amide bonds. The molecule has 0 fully saturated rings. The van der Waals surface area contributed by atoms with Crippen LogP contribution in [0.5, 0.6) is 0 Å². The Morgan fingerprint density at radius 2 is 2.10 bits per heavy atom. The van der Waals surface area contributed by atoms with Crippen LogP contribution in [0.15, 0.2) is 47.1 Å². The highest BCUT2D eigenvalue weighted by molar-refractivity contribution is 9.10. The standard InChI is InChI=1S/C14H13BrN2O3/c15-12-6-11(8-18)13(16-7-12)17-14(19)20-9-10-4-2-1-3-5-10/h1-7,18H,8-9H2,(H,16,17,19). The predicted octanol–water partition coefficient (Wildman–Crippen LogP) is 3.09. The quantitative estimate of drug-likeness (QED) is 0.899. The molecule has 5 nitrogen and oxygen atoms in total. The van der Waals surface area contributed by atoms with E-state index in [1.165, 1.54) is 6.20 Å². The molecule has 104 valence electrons. The van der Waals surface area contributed by atoms with E-state index in [1.54, 1.807) is 6.07 Å². The van der Waals surface area contributed by atoms with Crippen molar-refractivity contribution in [3.05, 3.63) is 58.2 Å². The Morgan fingerprint density at radius 1 is 1.35 bits per heavy atom. The Labute approximate surface area is 124 Å². The van der Waals surface area contributed by atoms with Crippen molar-refractivity contribution in [3.8, 4) is 0 Å². The molecule has 0 aliphatic heterocycles. The van der Waals surface area contributed by atoms with Crippen molar-refractivity contribution in [1.82, 2.24) is 4.98 Å². The number of aromatic nitrogens is 1. The van der Waals surface area contributed by atoms with Crippen molar-refractivity contribution >= 4 is 27.8 Å². The lowest BCUT2D eigenvalue weighted by molar-refractivity contribution is 0.155. The minimum Gasteiger partial charge on any atom is -0.444 e. The van der Waals surface area contributed by atoms with Gasteiger partial charge in [-0.3, -0.25) is 5.32 Å². The number of halogens is 1. The van der Waals surface area contributed by atoms with E-state index in [2.05, 4.69) is 26.2 Å². The van der Waals surface area contributed by atoms with Crippen LogP contribution in [0, 0.1) is 0 Å². The van der Waals surface area contributed by atoms with Gasteiger partial charge in [0.15, 0.2) is 0 Å². The summed E-state index contributed by atoms with van der Waals surface area (Å²) in [6.07, 6.45) is 0.921. The molecule has 2 rings (SSSR count). The van der Waals surface area contributed by atoms with Crippen molar-refractivity contribution in [2.45, 2.75) is 13.2 Å². The minimum absolute atomic E-state index is 0.178. The second-order valence-corrected chi connectivity index (χ2v) is 4.92. The highest BCUT2D eigenvalue weighted by Gasteiger charge is 2.09. The van der Waals surface area contributed by atoms with E-state index < -0.39 is 6.09 Å². The van der Waals surface area contributed by atoms with E-state index in [0.717, 1.165) is 10.0 Å². The molecule has 1 aromatic carbocycles. The molecular formula is C14H13BrN2O3. The van der Waals surface area contributed by atoms with Crippen molar-refractivity contribution in [3.63, 3.8) is 0 Å². The summed E-state index contributed by atoms with van der Waals surface area (Å²) in [6, 6.07) is 11.0. The Bertz CT molecular complexity index is 590. The summed E-state index contributed by atoms with van der Waals surface area (Å²) in [4.78, 5) is 15.7. The van der Waals surface area contributed by atoms with Crippen LogP contribution >= 0.6 is 15.9 Å². The second-order valence-electron chi connectivity index (χ2n) is 4.01. The number of hydrogen-bond donors (Lipinski definition) is 2. The lowest BCUT2D eigenvalue weighted by atomic mass is 10.2. The Balaban J connectivity index is 1.95. The molecule has 2 aromatic rings. The number of carbonyl (C=O) groups excluding carboxylic acids is 1. The minimum atomic E-state index is -0.613. The van der Waals surface area contributed by atoms with Crippen LogP contribution < -0.4 is 5.32 Å². The summed E-state index contributed by atoms with van der Waals surface area (Å²) in [6.45, 7) is -0.0433. The number of hydrogen-bond acceptors (Lipinski definition) is 4. The van der Waals surface area contributed by atoms with Gasteiger partial charge in [-0.1, -0.05) is 30.3 Å². The topological polar surface area (TPSA) is 71.5 Å². The van der Waals surface area contributed by atoms with Gasteiger partial charge >= 0.3 is 6.09 Å². The molecule has 0 aliphatic carbocycles. The molecule has 20 heavy (non-hydrogen) atoms. The molecule has 0 unspecified atom stereocenters. The molecule has 0 atom stereocenters. The first-order chi connectivity index (χ1) is 9.69. The third-order valence-corrected chi connectivity index (χ3v) is 2.97. The fourth-order valence-corrected chi connectivity index (χ4v) is 1.95. The normalized spacial score (nSPS) is 10.1. The Kier molecular flexibility index (Phi) is 5.09. The zero-order valence-electron chi connectivity index (χ0n) is 10.5. The number of anilines is 1. The molecule has 1 aromatic heterocycles. The fourth-order valence-electron chi connectivity index (χ4n) is 1.57. The van der Waals surface area contributed by atoms with Crippen LogP contribution in [0.3, 0.4) is 0 Å². The highest BCUT2D eigenvalue weighted by Crippen LogP contribution is 2.18. The summed E-state index contributed by atoms with van der Waals surface area (Å²) in [5.41, 5.74) is 1.41. The van der Waals surface area contributed by atoms with Gasteiger partial charge in [-0.15, -0.1) is 0 Å². The second kappa shape index (κ2) is 7.02. The van der Waals surface area contributed by atoms with Crippen molar-refractivity contribution in [2.24, 2.45) is 0 Å². The lowest BCUT2D eigenvalue weighted by Gasteiger charge is -2.09. The van der Waals surface area contributed by atoms with E-state index in [-0.39, 0.29) is 19.0 Å². The average Bonchev–Trinajstić information content (AvgIpc) is 2.48. The van der Waals surface area contributed by atoms with Crippen molar-refractivity contribution in [2.75, 3.05) is 5.32 Å². The zero-order valence-corrected chi connectivity index (χ0v) is 12.1. The van der Waals surface area contributed by atoms with E-state index in [1.807, 2.05) is 30.3 Å². The molecule has 0 aliphatic rings. The van der Waals surface area contributed by atoms with E-state index in [0.29, 0.717) is 5.56 Å². The van der Waals surface area contributed by atoms with E-state index in [9.17, 15) is 9.90 Å². The summed E-state index contributed by atoms with van der Waals surface area (Å²) in [5, 5.41) is 11.7. The SMILES string of the molecule is O=C(Nc1ncc(Br)cc1CO)OCc1ccccc1. The van der Waals surface area contributed by atoms with Crippen LogP contribution in [0.2, 0.25) is 0 Å². The van der Waals surface area contributed by atoms with Crippen LogP contribution in [0.4, 0.5) is 10.6 Å². The molecule has 0 bridgehead atoms. The number of carbonyl (C=O) groups is 1. The van der Waals surface area contributed by atoms with Gasteiger partial charge in [0.1, 0.15) is 12.4 Å². The Hall–Kier alpha value is -1.92. The number of nitrogens with one attached hydrogen (secondary N) is 1. The van der Waals surface area contributed by atoms with Gasteiger partial charge in [-0.25, -0.2) is 9.78 Å². The number of amides is 1. The molecular weight excluding hydrogens is 324 g/mol. The van der Waals surface area contributed by atoms with Crippen LogP contribution in [-0.2, 0) is 18.0 Å². The highest BCUT2D eigenvalue weighted by atomic mass is 79.9. The predicted molar refractivity (Wildman–Crippen MR) is 78.1 cm³/mol. The first-order valence-electron chi connectivity index (χ1n) is 5.92. The average molecular weight is 337 g/mol. The number of aliphatic hydroxyl groups is 1. The maximum absolute atomic E-state index is 11.7. The van der Waals surface area contributed by atoms with Crippen LogP contribution in [-0.4, -0.2) is 16.2 Å². The maximum atomic E-state index is 11.7. The molecule has 2 N–H and O–H groups in total. The molecule has 6 heteroatoms. The lowest BCUT2D eigenvalue weighted by Crippen LogP contribution is -2.16. The number of pyridine rings is 1. The monoisotopic (exact) mass is 336 g/mol. The van der Waals surface area contributed by atoms with Gasteiger partial charge in [0.2, 0.25) is 0 Å². The van der Waals surface area contributed by atoms with Crippen LogP contribution in [0.1, 0.15) is 11.1 Å². The molecule has 0 radical (unpaired) electrons. The summed E-state index contributed by atoms with van der Waals surface area (Å²) >= 11 is 3.25. The van der Waals surface area contributed by atoms with Gasteiger partial charge in [-0.2, -0.15) is 0 Å². The van der Waals surface area contributed by atoms with E-state index >= 15 is 0 Å². The van der Waals surface area contributed by atoms with Crippen molar-refractivity contribution < 1.29 is 14.6 Å². The van der Waals surface area contributed by atoms with Gasteiger partial charge in [0.05, 0.1) is 6.61 Å². The fraction of sp³-hybridized carbons (Fsp3) is 0.143. The first-order valence-corrected chi connectivity index (χ1v) is 6.71. The summed E-state index contributed by atoms with van der Waals surface area (Å²) in [5.74, 6) is 0.286. The smallest absolute Gasteiger partial charge is 0.413 e.